The van der Waals surface area contributed by atoms with Crippen LogP contribution in [-0.4, -0.2) is 4.57 Å². The summed E-state index contributed by atoms with van der Waals surface area (Å²) in [5.41, 5.74) is 19.8. The molecule has 3 nitrogen and oxygen atoms in total. The fraction of sp³-hybridized carbons (Fsp3) is 0.0164. The average molecular weight is 816 g/mol. The Morgan fingerprint density at radius 3 is 1.70 bits per heavy atom. The number of anilines is 6. The smallest absolute Gasteiger partial charge is 0.0755 e. The molecule has 300 valence electrons. The Kier molecular flexibility index (Phi) is 8.13. The predicted octanol–water partition coefficient (Wildman–Crippen LogP) is 16.1. The molecule has 0 spiro atoms. The van der Waals surface area contributed by atoms with E-state index >= 15 is 0 Å². The fourth-order valence-electron chi connectivity index (χ4n) is 10.9. The van der Waals surface area contributed by atoms with Gasteiger partial charge >= 0.3 is 0 Å². The molecular weight excluding hydrogens is 775 g/mol. The third kappa shape index (κ3) is 5.28. The Bertz CT molecular complexity index is 3540. The lowest BCUT2D eigenvalue weighted by Gasteiger charge is -2.44. The summed E-state index contributed by atoms with van der Waals surface area (Å²) in [6, 6.07) is 91.3. The molecule has 1 aromatic heterocycles. The van der Waals surface area contributed by atoms with Crippen molar-refractivity contribution in [2.45, 2.75) is 5.41 Å². The van der Waals surface area contributed by atoms with Crippen LogP contribution in [0.5, 0.6) is 0 Å². The Labute approximate surface area is 373 Å². The second kappa shape index (κ2) is 14.3. The van der Waals surface area contributed by atoms with E-state index in [9.17, 15) is 0 Å². The van der Waals surface area contributed by atoms with Crippen LogP contribution in [0.25, 0.3) is 49.7 Å². The van der Waals surface area contributed by atoms with E-state index < -0.39 is 5.41 Å². The summed E-state index contributed by atoms with van der Waals surface area (Å²) in [7, 11) is 0. The maximum Gasteiger partial charge on any atom is 0.0755 e. The van der Waals surface area contributed by atoms with Crippen LogP contribution in [0.3, 0.4) is 0 Å². The first-order valence-corrected chi connectivity index (χ1v) is 22.1. The summed E-state index contributed by atoms with van der Waals surface area (Å²) in [5.74, 6) is 0. The third-order valence-corrected chi connectivity index (χ3v) is 13.5. The molecule has 0 saturated heterocycles. The predicted molar refractivity (Wildman–Crippen MR) is 266 cm³/mol. The van der Waals surface area contributed by atoms with E-state index in [1.165, 1.54) is 72.2 Å². The van der Waals surface area contributed by atoms with Gasteiger partial charge in [-0.2, -0.15) is 0 Å². The topological polar surface area (TPSA) is 11.4 Å². The number of benzene rings is 10. The standard InChI is InChI=1S/C61H41N3/c1-5-18-42(19-6-1)43-32-34-47(35-33-43)62(49-37-39-52-51-26-13-15-29-56(51)63(59(52)41-49)45-22-9-3-10-23-45)48-36-38-50-53-27-17-31-58-60(53)61(55(50)40-48,44-20-7-2-8-21-44)54-28-14-16-30-57(54)64(58)46-24-11-4-12-25-46/h1-41H. The van der Waals surface area contributed by atoms with Crippen molar-refractivity contribution in [3.63, 3.8) is 0 Å². The van der Waals surface area contributed by atoms with Crippen LogP contribution in [0.15, 0.2) is 249 Å². The Hall–Kier alpha value is -8.40. The van der Waals surface area contributed by atoms with Crippen LogP contribution in [0, 0.1) is 0 Å². The number of hydrogen-bond donors (Lipinski definition) is 0. The second-order valence-corrected chi connectivity index (χ2v) is 16.9. The number of rotatable bonds is 7. The van der Waals surface area contributed by atoms with E-state index in [-0.39, 0.29) is 0 Å². The summed E-state index contributed by atoms with van der Waals surface area (Å²) >= 11 is 0. The van der Waals surface area contributed by atoms with Gasteiger partial charge in [-0.25, -0.2) is 0 Å². The van der Waals surface area contributed by atoms with Crippen molar-refractivity contribution in [1.82, 2.24) is 4.57 Å². The van der Waals surface area contributed by atoms with Crippen molar-refractivity contribution in [3.8, 4) is 27.9 Å². The van der Waals surface area contributed by atoms with Crippen molar-refractivity contribution in [2.24, 2.45) is 0 Å². The van der Waals surface area contributed by atoms with Crippen LogP contribution in [-0.2, 0) is 5.41 Å². The number of hydrogen-bond acceptors (Lipinski definition) is 2. The summed E-state index contributed by atoms with van der Waals surface area (Å²) in [6.07, 6.45) is 0. The molecule has 11 aromatic rings. The van der Waals surface area contributed by atoms with Crippen LogP contribution in [0.2, 0.25) is 0 Å². The van der Waals surface area contributed by atoms with Crippen LogP contribution < -0.4 is 9.80 Å². The molecule has 0 fully saturated rings. The van der Waals surface area contributed by atoms with E-state index in [0.717, 1.165) is 34.0 Å². The summed E-state index contributed by atoms with van der Waals surface area (Å²) in [6.45, 7) is 0. The molecule has 1 aliphatic carbocycles. The first-order valence-electron chi connectivity index (χ1n) is 22.1. The minimum Gasteiger partial charge on any atom is -0.310 e. The highest BCUT2D eigenvalue weighted by molar-refractivity contribution is 6.10. The van der Waals surface area contributed by atoms with Gasteiger partial charge in [0.15, 0.2) is 0 Å². The molecule has 13 rings (SSSR count). The SMILES string of the molecule is c1ccc(-c2ccc(N(c3ccc4c(c3)C3(c5ccccc5)c5ccccc5N(c5ccccc5)c5cccc-4c53)c3ccc4c5ccccc5n(-c5ccccc5)c4c3)cc2)cc1. The van der Waals surface area contributed by atoms with Gasteiger partial charge in [-0.3, -0.25) is 0 Å². The Balaban J connectivity index is 1.08. The molecule has 1 aliphatic heterocycles. The van der Waals surface area contributed by atoms with Crippen LogP contribution in [0.1, 0.15) is 22.3 Å². The van der Waals surface area contributed by atoms with Crippen LogP contribution in [0.4, 0.5) is 34.1 Å². The van der Waals surface area contributed by atoms with Gasteiger partial charge in [0, 0.05) is 44.8 Å². The minimum absolute atomic E-state index is 0.576. The highest BCUT2D eigenvalue weighted by Crippen LogP contribution is 2.65. The van der Waals surface area contributed by atoms with E-state index in [4.69, 9.17) is 0 Å². The molecular formula is C61H41N3. The molecule has 0 radical (unpaired) electrons. The average Bonchev–Trinajstić information content (AvgIpc) is 3.86. The zero-order chi connectivity index (χ0) is 42.2. The lowest BCUT2D eigenvalue weighted by molar-refractivity contribution is 0.753. The molecule has 0 bridgehead atoms. The molecule has 3 heteroatoms. The van der Waals surface area contributed by atoms with E-state index in [2.05, 4.69) is 263 Å². The Morgan fingerprint density at radius 1 is 0.344 bits per heavy atom. The summed E-state index contributed by atoms with van der Waals surface area (Å²) in [4.78, 5) is 4.92. The molecule has 1 unspecified atom stereocenters. The first kappa shape index (κ1) is 36.3. The van der Waals surface area contributed by atoms with Crippen molar-refractivity contribution in [2.75, 3.05) is 9.80 Å². The van der Waals surface area contributed by atoms with Gasteiger partial charge in [0.05, 0.1) is 27.8 Å². The maximum absolute atomic E-state index is 2.49. The van der Waals surface area contributed by atoms with Gasteiger partial charge in [-0.05, 0) is 118 Å². The van der Waals surface area contributed by atoms with Crippen molar-refractivity contribution in [1.29, 1.82) is 0 Å². The monoisotopic (exact) mass is 815 g/mol. The summed E-state index contributed by atoms with van der Waals surface area (Å²) < 4.78 is 2.41. The molecule has 2 aliphatic rings. The molecule has 0 amide bonds. The van der Waals surface area contributed by atoms with Gasteiger partial charge in [0.1, 0.15) is 0 Å². The van der Waals surface area contributed by atoms with E-state index in [0.29, 0.717) is 0 Å². The second-order valence-electron chi connectivity index (χ2n) is 16.9. The minimum atomic E-state index is -0.576. The lowest BCUT2D eigenvalue weighted by atomic mass is 9.65. The van der Waals surface area contributed by atoms with E-state index in [1.807, 2.05) is 0 Å². The number of nitrogens with zero attached hydrogens (tertiary/aromatic N) is 3. The van der Waals surface area contributed by atoms with Crippen molar-refractivity contribution in [3.05, 3.63) is 271 Å². The van der Waals surface area contributed by atoms with Crippen LogP contribution >= 0.6 is 0 Å². The number of aromatic nitrogens is 1. The number of para-hydroxylation sites is 4. The molecule has 1 atom stereocenters. The molecule has 64 heavy (non-hydrogen) atoms. The van der Waals surface area contributed by atoms with Gasteiger partial charge in [0.2, 0.25) is 0 Å². The molecule has 0 saturated carbocycles. The van der Waals surface area contributed by atoms with Crippen molar-refractivity contribution >= 4 is 55.9 Å². The first-order chi connectivity index (χ1) is 31.8. The van der Waals surface area contributed by atoms with Gasteiger partial charge in [0.25, 0.3) is 0 Å². The molecule has 2 heterocycles. The fourth-order valence-corrected chi connectivity index (χ4v) is 10.9. The molecule has 10 aromatic carbocycles. The highest BCUT2D eigenvalue weighted by atomic mass is 15.2. The quantitative estimate of drug-likeness (QED) is 0.159. The zero-order valence-electron chi connectivity index (χ0n) is 35.0. The normalized spacial score (nSPS) is 14.6. The van der Waals surface area contributed by atoms with Gasteiger partial charge < -0.3 is 14.4 Å². The van der Waals surface area contributed by atoms with E-state index in [1.54, 1.807) is 0 Å². The van der Waals surface area contributed by atoms with Gasteiger partial charge in [-0.15, -0.1) is 0 Å². The highest BCUT2D eigenvalue weighted by Gasteiger charge is 2.52. The summed E-state index contributed by atoms with van der Waals surface area (Å²) in [5, 5.41) is 2.47. The molecule has 0 N–H and O–H groups in total. The third-order valence-electron chi connectivity index (χ3n) is 13.5. The zero-order valence-corrected chi connectivity index (χ0v) is 35.0. The Morgan fingerprint density at radius 2 is 0.922 bits per heavy atom. The van der Waals surface area contributed by atoms with Gasteiger partial charge in [-0.1, -0.05) is 170 Å². The van der Waals surface area contributed by atoms with Crippen molar-refractivity contribution < 1.29 is 0 Å². The largest absolute Gasteiger partial charge is 0.310 e. The lowest BCUT2D eigenvalue weighted by Crippen LogP contribution is -2.36. The number of fused-ring (bicyclic) bond motifs is 8. The maximum atomic E-state index is 2.49.